The lowest BCUT2D eigenvalue weighted by atomic mass is 10.1. The van der Waals surface area contributed by atoms with Gasteiger partial charge in [-0.15, -0.1) is 0 Å². The Kier molecular flexibility index (Phi) is 5.53. The first-order chi connectivity index (χ1) is 15.0. The summed E-state index contributed by atoms with van der Waals surface area (Å²) in [5, 5.41) is 7.50. The van der Waals surface area contributed by atoms with Gasteiger partial charge < -0.3 is 9.88 Å². The zero-order chi connectivity index (χ0) is 23.2. The zero-order valence-corrected chi connectivity index (χ0v) is 18.9. The van der Waals surface area contributed by atoms with Crippen LogP contribution in [0.3, 0.4) is 0 Å². The molecule has 0 saturated carbocycles. The molecule has 32 heavy (non-hydrogen) atoms. The second kappa shape index (κ2) is 8.05. The Hall–Kier alpha value is -3.21. The topological polar surface area (TPSA) is 77.6 Å². The van der Waals surface area contributed by atoms with Crippen molar-refractivity contribution in [3.05, 3.63) is 69.6 Å². The summed E-state index contributed by atoms with van der Waals surface area (Å²) < 4.78 is 44.3. The average Bonchev–Trinajstić information content (AvgIpc) is 3.24. The van der Waals surface area contributed by atoms with E-state index >= 15 is 0 Å². The predicted octanol–water partition coefficient (Wildman–Crippen LogP) is 4.86. The molecule has 0 saturated heterocycles. The van der Waals surface area contributed by atoms with Gasteiger partial charge in [-0.05, 0) is 38.1 Å². The quantitative estimate of drug-likeness (QED) is 0.428. The van der Waals surface area contributed by atoms with Gasteiger partial charge in [-0.25, -0.2) is 9.97 Å². The number of carbonyl (C=O) groups excluding carboxylic acids is 1. The second-order valence-electron chi connectivity index (χ2n) is 7.33. The molecule has 4 aromatic rings. The molecular weight excluding hydrogens is 489 g/mol. The van der Waals surface area contributed by atoms with Gasteiger partial charge in [0.15, 0.2) is 0 Å². The number of amides is 1. The molecule has 0 unspecified atom stereocenters. The molecule has 0 radical (unpaired) electrons. The second-order valence-corrected chi connectivity index (χ2v) is 8.24. The third-order valence-corrected chi connectivity index (χ3v) is 5.63. The van der Waals surface area contributed by atoms with Crippen molar-refractivity contribution in [3.63, 3.8) is 0 Å². The van der Waals surface area contributed by atoms with E-state index in [2.05, 4.69) is 36.3 Å². The number of hydrogen-bond donors (Lipinski definition) is 1. The lowest BCUT2D eigenvalue weighted by Gasteiger charge is -2.13. The largest absolute Gasteiger partial charge is 0.433 e. The van der Waals surface area contributed by atoms with Crippen LogP contribution in [0.1, 0.15) is 33.3 Å². The first-order valence-electron chi connectivity index (χ1n) is 9.53. The number of pyridine rings is 1. The summed E-state index contributed by atoms with van der Waals surface area (Å²) in [5.74, 6) is 0.0945. The molecule has 1 amide bonds. The van der Waals surface area contributed by atoms with Crippen LogP contribution in [0.15, 0.2) is 41.1 Å². The maximum absolute atomic E-state index is 13.4. The zero-order valence-electron chi connectivity index (χ0n) is 17.3. The van der Waals surface area contributed by atoms with E-state index in [0.29, 0.717) is 33.5 Å². The number of hydrogen-bond acceptors (Lipinski definition) is 4. The van der Waals surface area contributed by atoms with Crippen LogP contribution < -0.4 is 5.32 Å². The summed E-state index contributed by atoms with van der Waals surface area (Å²) in [6.45, 7) is 3.89. The molecule has 166 valence electrons. The molecule has 4 rings (SSSR count). The highest BCUT2D eigenvalue weighted by molar-refractivity contribution is 9.10. The van der Waals surface area contributed by atoms with E-state index in [4.69, 9.17) is 0 Å². The van der Waals surface area contributed by atoms with E-state index in [0.717, 1.165) is 11.9 Å². The summed E-state index contributed by atoms with van der Waals surface area (Å²) >= 11 is 3.30. The molecule has 0 bridgehead atoms. The Balaban J connectivity index is 1.73. The highest BCUT2D eigenvalue weighted by atomic mass is 79.9. The summed E-state index contributed by atoms with van der Waals surface area (Å²) in [5.41, 5.74) is 0.468. The number of nitrogens with one attached hydrogen (secondary N) is 1. The Morgan fingerprint density at radius 2 is 1.97 bits per heavy atom. The highest BCUT2D eigenvalue weighted by Crippen LogP contribution is 2.32. The van der Waals surface area contributed by atoms with E-state index in [1.807, 2.05) is 17.8 Å². The number of rotatable bonds is 4. The van der Waals surface area contributed by atoms with E-state index in [1.165, 1.54) is 6.07 Å². The molecule has 0 atom stereocenters. The minimum atomic E-state index is -4.69. The molecule has 0 aliphatic carbocycles. The van der Waals surface area contributed by atoms with Crippen LogP contribution in [0.5, 0.6) is 0 Å². The third kappa shape index (κ3) is 4.12. The molecule has 1 aromatic carbocycles. The molecule has 7 nitrogen and oxygen atoms in total. The Labute approximate surface area is 189 Å². The molecule has 0 aliphatic heterocycles. The van der Waals surface area contributed by atoms with E-state index < -0.39 is 17.8 Å². The Morgan fingerprint density at radius 3 is 2.62 bits per heavy atom. The average molecular weight is 507 g/mol. The van der Waals surface area contributed by atoms with Gasteiger partial charge in [0.2, 0.25) is 0 Å². The molecule has 0 aliphatic rings. The number of anilines is 1. The third-order valence-electron chi connectivity index (χ3n) is 5.14. The van der Waals surface area contributed by atoms with E-state index in [1.54, 1.807) is 36.9 Å². The van der Waals surface area contributed by atoms with E-state index in [9.17, 15) is 18.0 Å². The number of aromatic nitrogens is 5. The van der Waals surface area contributed by atoms with Crippen molar-refractivity contribution in [2.24, 2.45) is 7.05 Å². The smallest absolute Gasteiger partial charge is 0.336 e. The van der Waals surface area contributed by atoms with Gasteiger partial charge in [-0.1, -0.05) is 15.9 Å². The summed E-state index contributed by atoms with van der Waals surface area (Å²) in [4.78, 5) is 21.1. The number of nitrogens with zero attached hydrogens (tertiary/aromatic N) is 5. The van der Waals surface area contributed by atoms with Crippen LogP contribution in [0.4, 0.5) is 18.9 Å². The molecule has 3 aromatic heterocycles. The number of halogens is 4. The molecule has 1 N–H and O–H groups in total. The van der Waals surface area contributed by atoms with Gasteiger partial charge >= 0.3 is 6.18 Å². The van der Waals surface area contributed by atoms with Crippen molar-refractivity contribution in [1.82, 2.24) is 24.3 Å². The summed E-state index contributed by atoms with van der Waals surface area (Å²) in [7, 11) is 1.86. The lowest BCUT2D eigenvalue weighted by Crippen LogP contribution is -2.17. The van der Waals surface area contributed by atoms with Gasteiger partial charge in [0.25, 0.3) is 5.91 Å². The monoisotopic (exact) mass is 506 g/mol. The summed E-state index contributed by atoms with van der Waals surface area (Å²) in [6.07, 6.45) is -1.20. The van der Waals surface area contributed by atoms with Crippen molar-refractivity contribution in [1.29, 1.82) is 0 Å². The van der Waals surface area contributed by atoms with Gasteiger partial charge in [-0.2, -0.15) is 18.3 Å². The van der Waals surface area contributed by atoms with Crippen LogP contribution in [0.25, 0.3) is 10.9 Å². The Morgan fingerprint density at radius 1 is 1.22 bits per heavy atom. The molecule has 0 spiro atoms. The van der Waals surface area contributed by atoms with Crippen molar-refractivity contribution >= 4 is 38.4 Å². The lowest BCUT2D eigenvalue weighted by molar-refractivity contribution is -0.140. The van der Waals surface area contributed by atoms with Crippen molar-refractivity contribution in [2.75, 3.05) is 5.32 Å². The van der Waals surface area contributed by atoms with Crippen LogP contribution >= 0.6 is 15.9 Å². The standard InChI is InChI=1S/C21H18BrF3N6O/c1-11-19(12(2)31(29-11)10-18-26-6-7-30(18)3)28-20(32)15-9-17(21(23,24)25)27-16-5-4-13(22)8-14(15)16/h4-9H,10H2,1-3H3,(H,28,32). The first kappa shape index (κ1) is 22.0. The van der Waals surface area contributed by atoms with Gasteiger partial charge in [0, 0.05) is 29.3 Å². The van der Waals surface area contributed by atoms with Gasteiger partial charge in [-0.3, -0.25) is 9.48 Å². The van der Waals surface area contributed by atoms with Gasteiger partial charge in [0.1, 0.15) is 11.5 Å². The number of imidazole rings is 1. The normalized spacial score (nSPS) is 11.8. The number of aryl methyl sites for hydroxylation is 2. The maximum Gasteiger partial charge on any atom is 0.433 e. The predicted molar refractivity (Wildman–Crippen MR) is 116 cm³/mol. The fourth-order valence-corrected chi connectivity index (χ4v) is 3.79. The van der Waals surface area contributed by atoms with Gasteiger partial charge in [0.05, 0.1) is 34.7 Å². The minimum Gasteiger partial charge on any atom is -0.336 e. The minimum absolute atomic E-state index is 0.0760. The number of alkyl halides is 3. The fourth-order valence-electron chi connectivity index (χ4n) is 3.43. The van der Waals surface area contributed by atoms with E-state index in [-0.39, 0.29) is 11.1 Å². The molecular formula is C21H18BrF3N6O. The number of carbonyl (C=O) groups is 1. The van der Waals surface area contributed by atoms with Crippen LogP contribution in [0.2, 0.25) is 0 Å². The Bertz CT molecular complexity index is 1340. The first-order valence-corrected chi connectivity index (χ1v) is 10.3. The van der Waals surface area contributed by atoms with Crippen LogP contribution in [-0.4, -0.2) is 30.2 Å². The highest BCUT2D eigenvalue weighted by Gasteiger charge is 2.34. The molecule has 0 fully saturated rings. The van der Waals surface area contributed by atoms with Crippen LogP contribution in [-0.2, 0) is 19.8 Å². The SMILES string of the molecule is Cc1nn(Cc2nccn2C)c(C)c1NC(=O)c1cc(C(F)(F)F)nc2ccc(Br)cc12. The maximum atomic E-state index is 13.4. The van der Waals surface area contributed by atoms with Crippen molar-refractivity contribution < 1.29 is 18.0 Å². The van der Waals surface area contributed by atoms with Crippen molar-refractivity contribution in [3.8, 4) is 0 Å². The molecule has 11 heteroatoms. The number of benzene rings is 1. The van der Waals surface area contributed by atoms with Crippen molar-refractivity contribution in [2.45, 2.75) is 26.6 Å². The molecule has 3 heterocycles. The number of fused-ring (bicyclic) bond motifs is 1. The van der Waals surface area contributed by atoms with Crippen LogP contribution in [0, 0.1) is 13.8 Å². The fraction of sp³-hybridized carbons (Fsp3) is 0.238. The summed E-state index contributed by atoms with van der Waals surface area (Å²) in [6, 6.07) is 5.36.